The van der Waals surface area contributed by atoms with Crippen molar-refractivity contribution in [2.24, 2.45) is 0 Å². The molecule has 1 atom stereocenters. The third kappa shape index (κ3) is 6.70. The second kappa shape index (κ2) is 10.7. The fourth-order valence-corrected chi connectivity index (χ4v) is 4.34. The molecule has 0 saturated carbocycles. The van der Waals surface area contributed by atoms with E-state index < -0.39 is 6.10 Å². The van der Waals surface area contributed by atoms with Crippen LogP contribution in [0, 0.1) is 6.92 Å². The fourth-order valence-electron chi connectivity index (χ4n) is 3.38. The SMILES string of the molecule is COCCN(Cc1nc2scc(-c3ccc(C)cc3)c2c(=O)[nH]1)C[C@H](O)COC(C)(C)C. The smallest absolute Gasteiger partial charge is 0.260 e. The molecule has 0 unspecified atom stereocenters. The van der Waals surface area contributed by atoms with Gasteiger partial charge in [-0.1, -0.05) is 29.8 Å². The van der Waals surface area contributed by atoms with Crippen LogP contribution in [-0.4, -0.2) is 65.1 Å². The largest absolute Gasteiger partial charge is 0.389 e. The van der Waals surface area contributed by atoms with Crippen LogP contribution in [-0.2, 0) is 16.0 Å². The van der Waals surface area contributed by atoms with E-state index in [2.05, 4.69) is 4.98 Å². The summed E-state index contributed by atoms with van der Waals surface area (Å²) in [5.41, 5.74) is 2.62. The number of H-pyrrole nitrogens is 1. The monoisotopic (exact) mass is 459 g/mol. The number of methoxy groups -OCH3 is 1. The third-order valence-corrected chi connectivity index (χ3v) is 5.89. The second-order valence-corrected chi connectivity index (χ2v) is 9.87. The molecule has 0 aliphatic carbocycles. The first-order valence-electron chi connectivity index (χ1n) is 10.8. The molecule has 0 fully saturated rings. The van der Waals surface area contributed by atoms with Crippen LogP contribution in [0.15, 0.2) is 34.4 Å². The van der Waals surface area contributed by atoms with Crippen LogP contribution in [0.4, 0.5) is 0 Å². The molecule has 0 spiro atoms. The molecule has 0 bridgehead atoms. The molecule has 3 rings (SSSR count). The number of aromatic nitrogens is 2. The molecule has 0 amide bonds. The molecular weight excluding hydrogens is 426 g/mol. The number of hydrogen-bond donors (Lipinski definition) is 2. The first-order valence-corrected chi connectivity index (χ1v) is 11.6. The highest BCUT2D eigenvalue weighted by molar-refractivity contribution is 7.17. The summed E-state index contributed by atoms with van der Waals surface area (Å²) in [5.74, 6) is 0.569. The molecule has 2 N–H and O–H groups in total. The van der Waals surface area contributed by atoms with Gasteiger partial charge in [-0.25, -0.2) is 4.98 Å². The van der Waals surface area contributed by atoms with Gasteiger partial charge in [-0.15, -0.1) is 11.3 Å². The van der Waals surface area contributed by atoms with Crippen molar-refractivity contribution < 1.29 is 14.6 Å². The second-order valence-electron chi connectivity index (χ2n) is 9.01. The topological polar surface area (TPSA) is 87.7 Å². The molecule has 1 aromatic carbocycles. The van der Waals surface area contributed by atoms with Gasteiger partial charge in [0.25, 0.3) is 5.56 Å². The maximum Gasteiger partial charge on any atom is 0.260 e. The van der Waals surface area contributed by atoms with Crippen molar-refractivity contribution in [2.45, 2.75) is 45.9 Å². The number of nitrogens with one attached hydrogen (secondary N) is 1. The normalized spacial score (nSPS) is 13.2. The van der Waals surface area contributed by atoms with Crippen LogP contribution < -0.4 is 5.56 Å². The Bertz CT molecular complexity index is 1070. The number of ether oxygens (including phenoxy) is 2. The molecule has 2 heterocycles. The number of fused-ring (bicyclic) bond motifs is 1. The first-order chi connectivity index (χ1) is 15.2. The van der Waals surface area contributed by atoms with E-state index in [0.29, 0.717) is 42.3 Å². The third-order valence-electron chi connectivity index (χ3n) is 5.02. The number of aryl methyl sites for hydroxylation is 1. The number of aliphatic hydroxyl groups is 1. The van der Waals surface area contributed by atoms with Crippen molar-refractivity contribution in [3.8, 4) is 11.1 Å². The van der Waals surface area contributed by atoms with Gasteiger partial charge in [0, 0.05) is 31.1 Å². The maximum absolute atomic E-state index is 13.0. The summed E-state index contributed by atoms with van der Waals surface area (Å²) in [5, 5.41) is 13.0. The lowest BCUT2D eigenvalue weighted by Gasteiger charge is -2.27. The van der Waals surface area contributed by atoms with Gasteiger partial charge >= 0.3 is 0 Å². The van der Waals surface area contributed by atoms with E-state index in [9.17, 15) is 9.90 Å². The van der Waals surface area contributed by atoms with Gasteiger partial charge in [-0.05, 0) is 33.3 Å². The van der Waals surface area contributed by atoms with Crippen molar-refractivity contribution in [1.29, 1.82) is 0 Å². The lowest BCUT2D eigenvalue weighted by atomic mass is 10.1. The van der Waals surface area contributed by atoms with Gasteiger partial charge in [0.1, 0.15) is 10.7 Å². The summed E-state index contributed by atoms with van der Waals surface area (Å²) in [6, 6.07) is 8.13. The van der Waals surface area contributed by atoms with E-state index in [0.717, 1.165) is 11.1 Å². The molecule has 7 nitrogen and oxygen atoms in total. The van der Waals surface area contributed by atoms with Gasteiger partial charge < -0.3 is 19.6 Å². The predicted molar refractivity (Wildman–Crippen MR) is 129 cm³/mol. The van der Waals surface area contributed by atoms with Crippen LogP contribution in [0.2, 0.25) is 0 Å². The van der Waals surface area contributed by atoms with Crippen molar-refractivity contribution in [3.05, 3.63) is 51.4 Å². The lowest BCUT2D eigenvalue weighted by Crippen LogP contribution is -2.38. The van der Waals surface area contributed by atoms with E-state index in [1.54, 1.807) is 7.11 Å². The molecule has 3 aromatic rings. The van der Waals surface area contributed by atoms with Crippen LogP contribution in [0.5, 0.6) is 0 Å². The minimum Gasteiger partial charge on any atom is -0.389 e. The highest BCUT2D eigenvalue weighted by Crippen LogP contribution is 2.30. The molecule has 0 saturated heterocycles. The quantitative estimate of drug-likeness (QED) is 0.482. The van der Waals surface area contributed by atoms with Crippen LogP contribution in [0.25, 0.3) is 21.3 Å². The summed E-state index contributed by atoms with van der Waals surface area (Å²) < 4.78 is 10.9. The Morgan fingerprint density at radius 2 is 1.97 bits per heavy atom. The highest BCUT2D eigenvalue weighted by atomic mass is 32.1. The van der Waals surface area contributed by atoms with Gasteiger partial charge in [-0.3, -0.25) is 9.69 Å². The minimum atomic E-state index is -0.656. The van der Waals surface area contributed by atoms with Crippen molar-refractivity contribution in [1.82, 2.24) is 14.9 Å². The Hall–Kier alpha value is -2.10. The van der Waals surface area contributed by atoms with Crippen molar-refractivity contribution in [3.63, 3.8) is 0 Å². The number of thiophene rings is 1. The molecule has 0 radical (unpaired) electrons. The molecule has 0 aliphatic rings. The minimum absolute atomic E-state index is 0.148. The van der Waals surface area contributed by atoms with E-state index in [4.69, 9.17) is 14.5 Å². The predicted octanol–water partition coefficient (Wildman–Crippen LogP) is 3.58. The van der Waals surface area contributed by atoms with Gasteiger partial charge in [-0.2, -0.15) is 0 Å². The standard InChI is InChI=1S/C24H33N3O4S/c1-16-6-8-17(9-7-16)19-15-32-23-21(19)22(29)25-20(26-23)13-27(10-11-30-5)12-18(28)14-31-24(2,3)4/h6-9,15,18,28H,10-14H2,1-5H3,(H,25,26,29)/t18-/m0/s1. The molecule has 2 aromatic heterocycles. The lowest BCUT2D eigenvalue weighted by molar-refractivity contribution is -0.0578. The summed E-state index contributed by atoms with van der Waals surface area (Å²) in [4.78, 5) is 23.3. The number of benzene rings is 1. The Balaban J connectivity index is 1.79. The summed E-state index contributed by atoms with van der Waals surface area (Å²) in [7, 11) is 1.64. The Morgan fingerprint density at radius 3 is 2.62 bits per heavy atom. The number of nitrogens with zero attached hydrogens (tertiary/aromatic N) is 2. The fraction of sp³-hybridized carbons (Fsp3) is 0.500. The Kier molecular flexibility index (Phi) is 8.19. The molecule has 32 heavy (non-hydrogen) atoms. The van der Waals surface area contributed by atoms with E-state index in [1.165, 1.54) is 16.9 Å². The van der Waals surface area contributed by atoms with Gasteiger partial charge in [0.2, 0.25) is 0 Å². The number of hydrogen-bond acceptors (Lipinski definition) is 7. The average molecular weight is 460 g/mol. The summed E-state index contributed by atoms with van der Waals surface area (Å²) in [6.45, 7) is 10.0. The molecule has 174 valence electrons. The van der Waals surface area contributed by atoms with Crippen LogP contribution in [0.3, 0.4) is 0 Å². The maximum atomic E-state index is 13.0. The average Bonchev–Trinajstić information content (AvgIpc) is 3.15. The van der Waals surface area contributed by atoms with E-state index in [1.807, 2.05) is 62.2 Å². The summed E-state index contributed by atoms with van der Waals surface area (Å²) in [6.07, 6.45) is -0.656. The van der Waals surface area contributed by atoms with Gasteiger partial charge in [0.05, 0.1) is 36.8 Å². The number of aromatic amines is 1. The van der Waals surface area contributed by atoms with Gasteiger partial charge in [0.15, 0.2) is 0 Å². The molecule has 0 aliphatic heterocycles. The van der Waals surface area contributed by atoms with Crippen molar-refractivity contribution in [2.75, 3.05) is 33.4 Å². The zero-order chi connectivity index (χ0) is 23.3. The number of rotatable bonds is 10. The number of aliphatic hydroxyl groups excluding tert-OH is 1. The first kappa shape index (κ1) is 24.5. The highest BCUT2D eigenvalue weighted by Gasteiger charge is 2.19. The molecule has 8 heteroatoms. The van der Waals surface area contributed by atoms with Crippen LogP contribution >= 0.6 is 11.3 Å². The van der Waals surface area contributed by atoms with E-state index >= 15 is 0 Å². The zero-order valence-corrected chi connectivity index (χ0v) is 20.3. The molecular formula is C24H33N3O4S. The van der Waals surface area contributed by atoms with Crippen molar-refractivity contribution >= 4 is 21.6 Å². The van der Waals surface area contributed by atoms with E-state index in [-0.39, 0.29) is 17.8 Å². The Labute approximate surface area is 193 Å². The zero-order valence-electron chi connectivity index (χ0n) is 19.5. The summed E-state index contributed by atoms with van der Waals surface area (Å²) >= 11 is 1.47. The van der Waals surface area contributed by atoms with Crippen LogP contribution in [0.1, 0.15) is 32.2 Å². The Morgan fingerprint density at radius 1 is 1.25 bits per heavy atom.